The number of aromatic nitrogens is 2. The molecule has 2 amide bonds. The minimum absolute atomic E-state index is 0.0520. The Hall–Kier alpha value is -3.61. The predicted molar refractivity (Wildman–Crippen MR) is 97.2 cm³/mol. The summed E-state index contributed by atoms with van der Waals surface area (Å²) in [5.41, 5.74) is 1.63. The standard InChI is InChI=1S/C20H17FN4O2/c21-17-6-2-1-5-16(17)13-25-19(26)15-7-9-23-18(10-15)20(27)24-12-14-4-3-8-22-11-14/h1-11H,12-13H2,(H,24,27)(H,25,26). The lowest BCUT2D eigenvalue weighted by atomic mass is 10.2. The minimum atomic E-state index is -0.415. The molecule has 0 atom stereocenters. The summed E-state index contributed by atoms with van der Waals surface area (Å²) in [5, 5.41) is 5.36. The summed E-state index contributed by atoms with van der Waals surface area (Å²) in [4.78, 5) is 32.5. The molecule has 6 nitrogen and oxygen atoms in total. The molecule has 0 aliphatic heterocycles. The van der Waals surface area contributed by atoms with Gasteiger partial charge in [0, 0.05) is 42.8 Å². The maximum atomic E-state index is 13.6. The molecule has 0 saturated carbocycles. The Kier molecular flexibility index (Phi) is 5.84. The first kappa shape index (κ1) is 18.2. The zero-order valence-corrected chi connectivity index (χ0v) is 14.4. The smallest absolute Gasteiger partial charge is 0.270 e. The Bertz CT molecular complexity index is 947. The van der Waals surface area contributed by atoms with Crippen LogP contribution in [-0.2, 0) is 13.1 Å². The van der Waals surface area contributed by atoms with Crippen LogP contribution in [0.1, 0.15) is 32.0 Å². The van der Waals surface area contributed by atoms with Gasteiger partial charge in [0.15, 0.2) is 0 Å². The quantitative estimate of drug-likeness (QED) is 0.704. The van der Waals surface area contributed by atoms with Crippen LogP contribution < -0.4 is 10.6 Å². The lowest BCUT2D eigenvalue weighted by Crippen LogP contribution is -2.26. The van der Waals surface area contributed by atoms with E-state index >= 15 is 0 Å². The summed E-state index contributed by atoms with van der Waals surface area (Å²) in [7, 11) is 0. The number of rotatable bonds is 6. The van der Waals surface area contributed by atoms with E-state index in [4.69, 9.17) is 0 Å². The van der Waals surface area contributed by atoms with Gasteiger partial charge < -0.3 is 10.6 Å². The molecule has 0 fully saturated rings. The number of amides is 2. The molecule has 0 radical (unpaired) electrons. The second-order valence-corrected chi connectivity index (χ2v) is 5.75. The lowest BCUT2D eigenvalue weighted by molar-refractivity contribution is 0.0946. The summed E-state index contributed by atoms with van der Waals surface area (Å²) < 4.78 is 13.6. The van der Waals surface area contributed by atoms with Crippen molar-refractivity contribution in [3.63, 3.8) is 0 Å². The van der Waals surface area contributed by atoms with Crippen molar-refractivity contribution >= 4 is 11.8 Å². The third-order valence-electron chi connectivity index (χ3n) is 3.83. The van der Waals surface area contributed by atoms with Crippen LogP contribution in [0, 0.1) is 5.82 Å². The van der Waals surface area contributed by atoms with E-state index in [-0.39, 0.29) is 23.6 Å². The highest BCUT2D eigenvalue weighted by Crippen LogP contribution is 2.07. The summed E-state index contributed by atoms with van der Waals surface area (Å²) in [6.45, 7) is 0.356. The Labute approximate surface area is 155 Å². The molecule has 0 aliphatic carbocycles. The van der Waals surface area contributed by atoms with Crippen LogP contribution in [0.15, 0.2) is 67.1 Å². The molecule has 0 aliphatic rings. The summed E-state index contributed by atoms with van der Waals surface area (Å²) >= 11 is 0. The fourth-order valence-corrected chi connectivity index (χ4v) is 2.39. The number of carbonyl (C=O) groups is 2. The summed E-state index contributed by atoms with van der Waals surface area (Å²) in [5.74, 6) is -1.20. The van der Waals surface area contributed by atoms with Gasteiger partial charge in [0.25, 0.3) is 11.8 Å². The fourth-order valence-electron chi connectivity index (χ4n) is 2.39. The number of carbonyl (C=O) groups excluding carboxylic acids is 2. The second-order valence-electron chi connectivity index (χ2n) is 5.75. The van der Waals surface area contributed by atoms with Gasteiger partial charge in [-0.2, -0.15) is 0 Å². The van der Waals surface area contributed by atoms with E-state index in [2.05, 4.69) is 20.6 Å². The van der Waals surface area contributed by atoms with E-state index in [1.54, 1.807) is 36.7 Å². The first-order chi connectivity index (χ1) is 13.1. The molecule has 0 spiro atoms. The highest BCUT2D eigenvalue weighted by Gasteiger charge is 2.12. The molecule has 0 unspecified atom stereocenters. The predicted octanol–water partition coefficient (Wildman–Crippen LogP) is 2.48. The number of pyridine rings is 2. The van der Waals surface area contributed by atoms with Crippen LogP contribution in [0.5, 0.6) is 0 Å². The van der Waals surface area contributed by atoms with Gasteiger partial charge in [-0.15, -0.1) is 0 Å². The number of hydrogen-bond donors (Lipinski definition) is 2. The summed E-state index contributed by atoms with van der Waals surface area (Å²) in [6, 6.07) is 12.7. The Morgan fingerprint density at radius 1 is 0.926 bits per heavy atom. The molecular weight excluding hydrogens is 347 g/mol. The van der Waals surface area contributed by atoms with Gasteiger partial charge in [-0.25, -0.2) is 4.39 Å². The zero-order valence-electron chi connectivity index (χ0n) is 14.4. The molecule has 0 bridgehead atoms. The lowest BCUT2D eigenvalue weighted by Gasteiger charge is -2.08. The Balaban J connectivity index is 1.61. The van der Waals surface area contributed by atoms with Crippen LogP contribution >= 0.6 is 0 Å². The van der Waals surface area contributed by atoms with Gasteiger partial charge in [-0.1, -0.05) is 24.3 Å². The maximum Gasteiger partial charge on any atom is 0.270 e. The topological polar surface area (TPSA) is 84.0 Å². The molecule has 3 aromatic rings. The van der Waals surface area contributed by atoms with Crippen molar-refractivity contribution in [3.8, 4) is 0 Å². The Morgan fingerprint density at radius 2 is 1.74 bits per heavy atom. The van der Waals surface area contributed by atoms with Crippen LogP contribution in [0.25, 0.3) is 0 Å². The zero-order chi connectivity index (χ0) is 19.1. The van der Waals surface area contributed by atoms with Crippen molar-refractivity contribution in [2.24, 2.45) is 0 Å². The molecule has 1 aromatic carbocycles. The van der Waals surface area contributed by atoms with E-state index < -0.39 is 11.8 Å². The SMILES string of the molecule is O=C(NCc1ccccc1F)c1ccnc(C(=O)NCc2cccnc2)c1. The molecular formula is C20H17FN4O2. The largest absolute Gasteiger partial charge is 0.348 e. The van der Waals surface area contributed by atoms with Gasteiger partial charge in [0.2, 0.25) is 0 Å². The maximum absolute atomic E-state index is 13.6. The van der Waals surface area contributed by atoms with Gasteiger partial charge in [0.05, 0.1) is 0 Å². The molecule has 2 aromatic heterocycles. The molecule has 27 heavy (non-hydrogen) atoms. The van der Waals surface area contributed by atoms with Crippen molar-refractivity contribution in [1.29, 1.82) is 0 Å². The van der Waals surface area contributed by atoms with E-state index in [1.807, 2.05) is 6.07 Å². The van der Waals surface area contributed by atoms with E-state index in [0.29, 0.717) is 12.1 Å². The molecule has 136 valence electrons. The number of halogens is 1. The molecule has 2 N–H and O–H groups in total. The van der Waals surface area contributed by atoms with Gasteiger partial charge in [-0.05, 0) is 29.8 Å². The molecule has 7 heteroatoms. The van der Waals surface area contributed by atoms with Crippen molar-refractivity contribution in [2.75, 3.05) is 0 Å². The van der Waals surface area contributed by atoms with Crippen molar-refractivity contribution in [3.05, 3.63) is 95.3 Å². The first-order valence-corrected chi connectivity index (χ1v) is 8.28. The third-order valence-corrected chi connectivity index (χ3v) is 3.83. The first-order valence-electron chi connectivity index (χ1n) is 8.28. The molecule has 0 saturated heterocycles. The van der Waals surface area contributed by atoms with E-state index in [0.717, 1.165) is 5.56 Å². The second kappa shape index (κ2) is 8.66. The highest BCUT2D eigenvalue weighted by atomic mass is 19.1. The van der Waals surface area contributed by atoms with Crippen LogP contribution in [0.3, 0.4) is 0 Å². The van der Waals surface area contributed by atoms with E-state index in [9.17, 15) is 14.0 Å². The molecule has 2 heterocycles. The highest BCUT2D eigenvalue weighted by molar-refractivity contribution is 5.98. The van der Waals surface area contributed by atoms with Gasteiger partial charge >= 0.3 is 0 Å². The van der Waals surface area contributed by atoms with Crippen molar-refractivity contribution < 1.29 is 14.0 Å². The average Bonchev–Trinajstić information content (AvgIpc) is 2.72. The van der Waals surface area contributed by atoms with E-state index in [1.165, 1.54) is 24.4 Å². The van der Waals surface area contributed by atoms with Crippen LogP contribution in [0.4, 0.5) is 4.39 Å². The van der Waals surface area contributed by atoms with Crippen LogP contribution in [0.2, 0.25) is 0 Å². The number of benzene rings is 1. The monoisotopic (exact) mass is 364 g/mol. The fraction of sp³-hybridized carbons (Fsp3) is 0.100. The number of nitrogens with one attached hydrogen (secondary N) is 2. The Morgan fingerprint density at radius 3 is 2.52 bits per heavy atom. The van der Waals surface area contributed by atoms with Gasteiger partial charge in [-0.3, -0.25) is 19.6 Å². The van der Waals surface area contributed by atoms with Crippen molar-refractivity contribution in [1.82, 2.24) is 20.6 Å². The normalized spacial score (nSPS) is 10.3. The number of nitrogens with zero attached hydrogens (tertiary/aromatic N) is 2. The van der Waals surface area contributed by atoms with Crippen molar-refractivity contribution in [2.45, 2.75) is 13.1 Å². The van der Waals surface area contributed by atoms with Gasteiger partial charge in [0.1, 0.15) is 11.5 Å². The third kappa shape index (κ3) is 4.94. The average molecular weight is 364 g/mol. The number of hydrogen-bond acceptors (Lipinski definition) is 4. The summed E-state index contributed by atoms with van der Waals surface area (Å²) in [6.07, 6.45) is 4.69. The minimum Gasteiger partial charge on any atom is -0.348 e. The molecule has 3 rings (SSSR count). The van der Waals surface area contributed by atoms with Crippen LogP contribution in [-0.4, -0.2) is 21.8 Å².